The third-order valence-electron chi connectivity index (χ3n) is 4.34. The molecule has 0 aromatic heterocycles. The highest BCUT2D eigenvalue weighted by atomic mass is 16.2. The van der Waals surface area contributed by atoms with Crippen molar-refractivity contribution in [3.8, 4) is 0 Å². The van der Waals surface area contributed by atoms with Gasteiger partial charge in [-0.1, -0.05) is 19.8 Å². The molecular weight excluding hydrogens is 224 g/mol. The van der Waals surface area contributed by atoms with Crippen LogP contribution in [0.1, 0.15) is 52.4 Å². The first-order valence-electron chi connectivity index (χ1n) is 7.68. The Morgan fingerprint density at radius 1 is 1.28 bits per heavy atom. The van der Waals surface area contributed by atoms with Gasteiger partial charge in [0, 0.05) is 26.1 Å². The Hall–Kier alpha value is -0.570. The van der Waals surface area contributed by atoms with Crippen molar-refractivity contribution in [2.24, 2.45) is 11.8 Å². The van der Waals surface area contributed by atoms with E-state index < -0.39 is 0 Å². The summed E-state index contributed by atoms with van der Waals surface area (Å²) in [5, 5.41) is 3.68. The van der Waals surface area contributed by atoms with Gasteiger partial charge in [0.05, 0.1) is 0 Å². The molecule has 1 N–H and O–H groups in total. The molecule has 18 heavy (non-hydrogen) atoms. The summed E-state index contributed by atoms with van der Waals surface area (Å²) >= 11 is 0. The summed E-state index contributed by atoms with van der Waals surface area (Å²) in [5.74, 6) is 1.88. The van der Waals surface area contributed by atoms with E-state index in [-0.39, 0.29) is 5.91 Å². The van der Waals surface area contributed by atoms with E-state index in [2.05, 4.69) is 12.2 Å². The molecule has 1 heterocycles. The van der Waals surface area contributed by atoms with Crippen LogP contribution in [0.4, 0.5) is 0 Å². The molecule has 2 fully saturated rings. The topological polar surface area (TPSA) is 32.3 Å². The Morgan fingerprint density at radius 2 is 2.06 bits per heavy atom. The maximum atomic E-state index is 11.6. The maximum absolute atomic E-state index is 11.6. The summed E-state index contributed by atoms with van der Waals surface area (Å²) in [5.41, 5.74) is 0. The van der Waals surface area contributed by atoms with Gasteiger partial charge in [0.15, 0.2) is 0 Å². The second-order valence-electron chi connectivity index (χ2n) is 6.22. The zero-order valence-electron chi connectivity index (χ0n) is 12.0. The van der Waals surface area contributed by atoms with Crippen molar-refractivity contribution in [2.75, 3.05) is 19.6 Å². The van der Waals surface area contributed by atoms with Crippen LogP contribution in [-0.2, 0) is 4.79 Å². The molecule has 1 saturated heterocycles. The number of unbranched alkanes of at least 4 members (excludes halogenated alkanes) is 1. The van der Waals surface area contributed by atoms with Gasteiger partial charge in [0.2, 0.25) is 5.91 Å². The number of rotatable bonds is 6. The lowest BCUT2D eigenvalue weighted by Gasteiger charge is -2.38. The molecule has 3 nitrogen and oxygen atoms in total. The predicted octanol–water partition coefficient (Wildman–Crippen LogP) is 2.41. The Balaban J connectivity index is 1.81. The number of carbonyl (C=O) groups is 1. The molecule has 2 aliphatic rings. The van der Waals surface area contributed by atoms with Crippen molar-refractivity contribution in [3.63, 3.8) is 0 Å². The SMILES string of the molecule is CCCCC1CC(NCC2CC2)CN(C(C)=O)C1. The van der Waals surface area contributed by atoms with Gasteiger partial charge < -0.3 is 10.2 Å². The molecule has 2 rings (SSSR count). The third kappa shape index (κ3) is 4.27. The number of nitrogens with zero attached hydrogens (tertiary/aromatic N) is 1. The molecule has 0 aromatic carbocycles. The van der Waals surface area contributed by atoms with Crippen LogP contribution in [0.3, 0.4) is 0 Å². The van der Waals surface area contributed by atoms with Gasteiger partial charge in [-0.15, -0.1) is 0 Å². The summed E-state index contributed by atoms with van der Waals surface area (Å²) in [4.78, 5) is 13.7. The normalized spacial score (nSPS) is 28.4. The van der Waals surface area contributed by atoms with Gasteiger partial charge in [-0.2, -0.15) is 0 Å². The van der Waals surface area contributed by atoms with Crippen molar-refractivity contribution in [1.82, 2.24) is 10.2 Å². The van der Waals surface area contributed by atoms with Crippen LogP contribution < -0.4 is 5.32 Å². The fourth-order valence-electron chi connectivity index (χ4n) is 2.97. The first-order valence-corrected chi connectivity index (χ1v) is 7.68. The van der Waals surface area contributed by atoms with Gasteiger partial charge in [-0.25, -0.2) is 0 Å². The van der Waals surface area contributed by atoms with E-state index in [9.17, 15) is 4.79 Å². The highest BCUT2D eigenvalue weighted by Crippen LogP contribution is 2.28. The van der Waals surface area contributed by atoms with Crippen LogP contribution >= 0.6 is 0 Å². The third-order valence-corrected chi connectivity index (χ3v) is 4.34. The molecule has 0 radical (unpaired) electrons. The molecule has 2 unspecified atom stereocenters. The molecule has 0 spiro atoms. The van der Waals surface area contributed by atoms with Crippen molar-refractivity contribution in [2.45, 2.75) is 58.4 Å². The molecule has 0 aromatic rings. The molecule has 1 amide bonds. The molecule has 1 aliphatic heterocycles. The van der Waals surface area contributed by atoms with E-state index in [0.29, 0.717) is 12.0 Å². The Labute approximate surface area is 111 Å². The minimum Gasteiger partial charge on any atom is -0.341 e. The van der Waals surface area contributed by atoms with E-state index in [1.54, 1.807) is 6.92 Å². The van der Waals surface area contributed by atoms with Crippen LogP contribution in [0, 0.1) is 11.8 Å². The zero-order valence-corrected chi connectivity index (χ0v) is 12.0. The molecule has 0 bridgehead atoms. The summed E-state index contributed by atoms with van der Waals surface area (Å²) in [6.45, 7) is 7.02. The van der Waals surface area contributed by atoms with Crippen LogP contribution in [0.5, 0.6) is 0 Å². The molecule has 3 heteroatoms. The van der Waals surface area contributed by atoms with E-state index >= 15 is 0 Å². The van der Waals surface area contributed by atoms with Gasteiger partial charge in [0.1, 0.15) is 0 Å². The van der Waals surface area contributed by atoms with Crippen molar-refractivity contribution >= 4 is 5.91 Å². The van der Waals surface area contributed by atoms with E-state index in [1.165, 1.54) is 38.5 Å². The first kappa shape index (κ1) is 13.9. The van der Waals surface area contributed by atoms with Crippen LogP contribution in [-0.4, -0.2) is 36.5 Å². The van der Waals surface area contributed by atoms with E-state index in [1.807, 2.05) is 4.90 Å². The fraction of sp³-hybridized carbons (Fsp3) is 0.933. The minimum absolute atomic E-state index is 0.245. The lowest BCUT2D eigenvalue weighted by molar-refractivity contribution is -0.131. The van der Waals surface area contributed by atoms with Crippen molar-refractivity contribution in [1.29, 1.82) is 0 Å². The van der Waals surface area contributed by atoms with Crippen LogP contribution in [0.25, 0.3) is 0 Å². The summed E-state index contributed by atoms with van der Waals surface area (Å²) < 4.78 is 0. The van der Waals surface area contributed by atoms with E-state index in [4.69, 9.17) is 0 Å². The molecule has 1 aliphatic carbocycles. The Bertz CT molecular complexity index is 276. The van der Waals surface area contributed by atoms with Crippen molar-refractivity contribution < 1.29 is 4.79 Å². The molecule has 104 valence electrons. The quantitative estimate of drug-likeness (QED) is 0.787. The lowest BCUT2D eigenvalue weighted by atomic mass is 9.90. The number of nitrogens with one attached hydrogen (secondary N) is 1. The van der Waals surface area contributed by atoms with Gasteiger partial charge in [-0.3, -0.25) is 4.79 Å². The number of likely N-dealkylation sites (tertiary alicyclic amines) is 1. The molecule has 1 saturated carbocycles. The molecule has 2 atom stereocenters. The van der Waals surface area contributed by atoms with Crippen LogP contribution in [0.15, 0.2) is 0 Å². The maximum Gasteiger partial charge on any atom is 0.219 e. The predicted molar refractivity (Wildman–Crippen MR) is 74.4 cm³/mol. The molecular formula is C15H28N2O. The number of hydrogen-bond donors (Lipinski definition) is 1. The number of carbonyl (C=O) groups excluding carboxylic acids is 1. The highest BCUT2D eigenvalue weighted by Gasteiger charge is 2.29. The highest BCUT2D eigenvalue weighted by molar-refractivity contribution is 5.73. The first-order chi connectivity index (χ1) is 8.69. The standard InChI is InChI=1S/C15H28N2O/c1-3-4-5-14-8-15(16-9-13-6-7-13)11-17(10-14)12(2)18/h13-16H,3-11H2,1-2H3. The number of hydrogen-bond acceptors (Lipinski definition) is 2. The van der Waals surface area contributed by atoms with Gasteiger partial charge in [-0.05, 0) is 44.1 Å². The summed E-state index contributed by atoms with van der Waals surface area (Å²) in [7, 11) is 0. The minimum atomic E-state index is 0.245. The largest absolute Gasteiger partial charge is 0.341 e. The van der Waals surface area contributed by atoms with Crippen LogP contribution in [0.2, 0.25) is 0 Å². The van der Waals surface area contributed by atoms with Crippen molar-refractivity contribution in [3.05, 3.63) is 0 Å². The fourth-order valence-corrected chi connectivity index (χ4v) is 2.97. The van der Waals surface area contributed by atoms with Gasteiger partial charge in [0.25, 0.3) is 0 Å². The second kappa shape index (κ2) is 6.55. The number of piperidine rings is 1. The second-order valence-corrected chi connectivity index (χ2v) is 6.22. The average Bonchev–Trinajstić information content (AvgIpc) is 3.17. The smallest absolute Gasteiger partial charge is 0.219 e. The number of amides is 1. The summed E-state index contributed by atoms with van der Waals surface area (Å²) in [6, 6.07) is 0.533. The van der Waals surface area contributed by atoms with E-state index in [0.717, 1.165) is 25.6 Å². The lowest BCUT2D eigenvalue weighted by Crippen LogP contribution is -2.51. The Kier molecular flexibility index (Phi) is 5.04. The zero-order chi connectivity index (χ0) is 13.0. The van der Waals surface area contributed by atoms with Gasteiger partial charge >= 0.3 is 0 Å². The summed E-state index contributed by atoms with van der Waals surface area (Å²) in [6.07, 6.45) is 7.89. The average molecular weight is 252 g/mol. The monoisotopic (exact) mass is 252 g/mol. The Morgan fingerprint density at radius 3 is 2.67 bits per heavy atom.